The summed E-state index contributed by atoms with van der Waals surface area (Å²) in [5.74, 6) is 0.698. The molecule has 122 valence electrons. The summed E-state index contributed by atoms with van der Waals surface area (Å²) in [4.78, 5) is 18.3. The largest absolute Gasteiger partial charge is 0.333 e. The smallest absolute Gasteiger partial charge is 0.246 e. The lowest BCUT2D eigenvalue weighted by molar-refractivity contribution is -0.126. The average Bonchev–Trinajstić information content (AvgIpc) is 3.18. The van der Waals surface area contributed by atoms with Gasteiger partial charge in [-0.1, -0.05) is 13.0 Å². The number of nitrogens with zero attached hydrogens (tertiary/aromatic N) is 4. The van der Waals surface area contributed by atoms with Crippen LogP contribution >= 0.6 is 11.3 Å². The van der Waals surface area contributed by atoms with E-state index in [1.807, 2.05) is 28.1 Å². The Bertz CT molecular complexity index is 645. The molecule has 1 aliphatic rings. The number of carbonyl (C=O) groups excluding carboxylic acids is 1. The molecule has 1 fully saturated rings. The molecule has 6 heteroatoms. The van der Waals surface area contributed by atoms with E-state index in [0.717, 1.165) is 30.3 Å². The zero-order valence-electron chi connectivity index (χ0n) is 13.2. The van der Waals surface area contributed by atoms with Crippen molar-refractivity contribution in [3.05, 3.63) is 47.2 Å². The first-order chi connectivity index (χ1) is 11.3. The summed E-state index contributed by atoms with van der Waals surface area (Å²) < 4.78 is 2.05. The van der Waals surface area contributed by atoms with Gasteiger partial charge in [0.15, 0.2) is 0 Å². The minimum absolute atomic E-state index is 0.0448. The van der Waals surface area contributed by atoms with Gasteiger partial charge in [0.25, 0.3) is 0 Å². The van der Waals surface area contributed by atoms with E-state index < -0.39 is 0 Å². The van der Waals surface area contributed by atoms with Crippen LogP contribution in [-0.4, -0.2) is 32.1 Å². The summed E-state index contributed by atoms with van der Waals surface area (Å²) in [6.07, 6.45) is 7.88. The van der Waals surface area contributed by atoms with Crippen LogP contribution in [0.25, 0.3) is 0 Å². The Morgan fingerprint density at radius 1 is 1.52 bits per heavy atom. The molecular weight excluding hydrogens is 308 g/mol. The van der Waals surface area contributed by atoms with Crippen LogP contribution in [0.5, 0.6) is 0 Å². The van der Waals surface area contributed by atoms with Gasteiger partial charge < -0.3 is 4.90 Å². The Balaban J connectivity index is 1.64. The minimum Gasteiger partial charge on any atom is -0.333 e. The van der Waals surface area contributed by atoms with Crippen LogP contribution in [0.1, 0.15) is 30.7 Å². The van der Waals surface area contributed by atoms with E-state index in [2.05, 4.69) is 21.3 Å². The molecule has 0 aliphatic heterocycles. The van der Waals surface area contributed by atoms with Crippen LogP contribution in [0.3, 0.4) is 0 Å². The Morgan fingerprint density at radius 2 is 2.39 bits per heavy atom. The summed E-state index contributed by atoms with van der Waals surface area (Å²) >= 11 is 1.58. The summed E-state index contributed by atoms with van der Waals surface area (Å²) in [6, 6.07) is 2.00. The maximum absolute atomic E-state index is 12.2. The first-order valence-electron chi connectivity index (χ1n) is 8.05. The number of amides is 1. The summed E-state index contributed by atoms with van der Waals surface area (Å²) in [5, 5.41) is 6.45. The van der Waals surface area contributed by atoms with Gasteiger partial charge in [-0.2, -0.15) is 5.10 Å². The highest BCUT2D eigenvalue weighted by atomic mass is 32.1. The molecule has 3 rings (SSSR count). The van der Waals surface area contributed by atoms with E-state index in [4.69, 9.17) is 0 Å². The molecule has 1 saturated carbocycles. The third-order valence-corrected chi connectivity index (χ3v) is 5.06. The molecule has 0 radical (unpaired) electrons. The molecule has 2 heterocycles. The van der Waals surface area contributed by atoms with E-state index in [0.29, 0.717) is 13.1 Å². The monoisotopic (exact) mass is 330 g/mol. The fraction of sp³-hybridized carbons (Fsp3) is 0.471. The van der Waals surface area contributed by atoms with Gasteiger partial charge in [0.2, 0.25) is 5.91 Å². The highest BCUT2D eigenvalue weighted by Crippen LogP contribution is 2.28. The molecule has 0 spiro atoms. The number of carbonyl (C=O) groups is 1. The second-order valence-electron chi connectivity index (χ2n) is 6.00. The topological polar surface area (TPSA) is 51.0 Å². The van der Waals surface area contributed by atoms with E-state index in [1.165, 1.54) is 25.3 Å². The molecule has 23 heavy (non-hydrogen) atoms. The van der Waals surface area contributed by atoms with Gasteiger partial charge in [-0.3, -0.25) is 9.48 Å². The van der Waals surface area contributed by atoms with E-state index >= 15 is 0 Å². The van der Waals surface area contributed by atoms with Crippen molar-refractivity contribution in [2.24, 2.45) is 5.92 Å². The minimum atomic E-state index is -0.0448. The number of thiazole rings is 1. The van der Waals surface area contributed by atoms with Crippen molar-refractivity contribution in [3.63, 3.8) is 0 Å². The van der Waals surface area contributed by atoms with Crippen molar-refractivity contribution >= 4 is 17.2 Å². The molecule has 1 amide bonds. The van der Waals surface area contributed by atoms with Gasteiger partial charge in [-0.05, 0) is 30.9 Å². The van der Waals surface area contributed by atoms with Gasteiger partial charge in [-0.15, -0.1) is 11.3 Å². The molecule has 0 saturated heterocycles. The molecule has 0 aromatic carbocycles. The molecule has 0 unspecified atom stereocenters. The number of rotatable bonds is 8. The molecule has 2 aromatic rings. The van der Waals surface area contributed by atoms with E-state index in [-0.39, 0.29) is 5.91 Å². The normalized spacial score (nSPS) is 14.4. The lowest BCUT2D eigenvalue weighted by Crippen LogP contribution is -2.32. The maximum atomic E-state index is 12.2. The third kappa shape index (κ3) is 4.07. The fourth-order valence-corrected chi connectivity index (χ4v) is 3.37. The van der Waals surface area contributed by atoms with Gasteiger partial charge >= 0.3 is 0 Å². The Labute approximate surface area is 140 Å². The van der Waals surface area contributed by atoms with Crippen LogP contribution in [0.4, 0.5) is 0 Å². The van der Waals surface area contributed by atoms with Crippen LogP contribution in [0, 0.1) is 5.92 Å². The summed E-state index contributed by atoms with van der Waals surface area (Å²) in [7, 11) is 0. The molecule has 1 aliphatic carbocycles. The first-order valence-corrected chi connectivity index (χ1v) is 8.99. The molecule has 0 atom stereocenters. The van der Waals surface area contributed by atoms with Crippen LogP contribution in [-0.2, 0) is 24.3 Å². The lowest BCUT2D eigenvalue weighted by Gasteiger charge is -2.27. The fourth-order valence-electron chi connectivity index (χ4n) is 2.78. The van der Waals surface area contributed by atoms with Crippen molar-refractivity contribution in [3.8, 4) is 0 Å². The summed E-state index contributed by atoms with van der Waals surface area (Å²) in [5.41, 5.74) is 3.94. The molecular formula is C17H22N4OS. The van der Waals surface area contributed by atoms with Crippen LogP contribution < -0.4 is 0 Å². The van der Waals surface area contributed by atoms with Crippen molar-refractivity contribution < 1.29 is 4.79 Å². The SMILES string of the molecule is C=CC(=O)N(CCc1cscn1)Cc1ccnn1CC1CCC1. The molecule has 5 nitrogen and oxygen atoms in total. The van der Waals surface area contributed by atoms with E-state index in [9.17, 15) is 4.79 Å². The second kappa shape index (κ2) is 7.55. The van der Waals surface area contributed by atoms with Gasteiger partial charge in [-0.25, -0.2) is 4.98 Å². The number of aromatic nitrogens is 3. The van der Waals surface area contributed by atoms with Crippen molar-refractivity contribution in [2.75, 3.05) is 6.54 Å². The molecule has 0 N–H and O–H groups in total. The third-order valence-electron chi connectivity index (χ3n) is 4.42. The predicted octanol–water partition coefficient (Wildman–Crippen LogP) is 2.90. The predicted molar refractivity (Wildman–Crippen MR) is 91.0 cm³/mol. The van der Waals surface area contributed by atoms with E-state index in [1.54, 1.807) is 11.3 Å². The zero-order chi connectivity index (χ0) is 16.1. The van der Waals surface area contributed by atoms with Gasteiger partial charge in [0.05, 0.1) is 23.4 Å². The van der Waals surface area contributed by atoms with Crippen LogP contribution in [0.2, 0.25) is 0 Å². The van der Waals surface area contributed by atoms with Crippen molar-refractivity contribution in [2.45, 2.75) is 38.8 Å². The lowest BCUT2D eigenvalue weighted by atomic mass is 9.85. The Morgan fingerprint density at radius 3 is 3.04 bits per heavy atom. The van der Waals surface area contributed by atoms with Gasteiger partial charge in [0.1, 0.15) is 0 Å². The quantitative estimate of drug-likeness (QED) is 0.699. The number of hydrogen-bond acceptors (Lipinski definition) is 4. The van der Waals surface area contributed by atoms with Crippen LogP contribution in [0.15, 0.2) is 35.8 Å². The van der Waals surface area contributed by atoms with Crippen molar-refractivity contribution in [1.29, 1.82) is 0 Å². The molecule has 2 aromatic heterocycles. The Hall–Kier alpha value is -1.95. The highest BCUT2D eigenvalue weighted by Gasteiger charge is 2.20. The van der Waals surface area contributed by atoms with Crippen molar-refractivity contribution in [1.82, 2.24) is 19.7 Å². The standard InChI is InChI=1S/C17H22N4OS/c1-2-17(22)20(9-7-15-12-23-13-18-15)11-16-6-8-19-21(16)10-14-4-3-5-14/h2,6,8,12-14H,1,3-5,7,9-11H2. The summed E-state index contributed by atoms with van der Waals surface area (Å²) in [6.45, 7) is 5.80. The highest BCUT2D eigenvalue weighted by molar-refractivity contribution is 7.07. The maximum Gasteiger partial charge on any atom is 0.246 e. The average molecular weight is 330 g/mol. The Kier molecular flexibility index (Phi) is 5.23. The molecule has 0 bridgehead atoms. The van der Waals surface area contributed by atoms with Gasteiger partial charge in [0, 0.05) is 31.1 Å². The second-order valence-corrected chi connectivity index (χ2v) is 6.71. The number of hydrogen-bond donors (Lipinski definition) is 0. The zero-order valence-corrected chi connectivity index (χ0v) is 14.0. The first kappa shape index (κ1) is 15.9.